The van der Waals surface area contributed by atoms with Crippen molar-refractivity contribution in [2.75, 3.05) is 32.8 Å². The number of aromatic hydroxyl groups is 1. The molecule has 5 nitrogen and oxygen atoms in total. The summed E-state index contributed by atoms with van der Waals surface area (Å²) < 4.78 is 18.7. The Morgan fingerprint density at radius 3 is 2.57 bits per heavy atom. The van der Waals surface area contributed by atoms with Crippen LogP contribution in [0, 0.1) is 0 Å². The molecule has 3 aliphatic rings. The normalized spacial score (nSPS) is 19.5. The van der Waals surface area contributed by atoms with Gasteiger partial charge in [0.1, 0.15) is 35.7 Å². The van der Waals surface area contributed by atoms with Crippen LogP contribution in [0.3, 0.4) is 0 Å². The Morgan fingerprint density at radius 2 is 1.71 bits per heavy atom. The van der Waals surface area contributed by atoms with Crippen molar-refractivity contribution in [3.05, 3.63) is 83.4 Å². The summed E-state index contributed by atoms with van der Waals surface area (Å²) >= 11 is 0. The highest BCUT2D eigenvalue weighted by Gasteiger charge is 2.33. The molecule has 1 fully saturated rings. The van der Waals surface area contributed by atoms with Crippen LogP contribution in [-0.2, 0) is 0 Å². The Hall–Kier alpha value is -3.44. The topological polar surface area (TPSA) is 51.2 Å². The second-order valence-electron chi connectivity index (χ2n) is 9.49. The molecule has 0 saturated carbocycles. The molecule has 0 spiro atoms. The monoisotopic (exact) mass is 469 g/mol. The average Bonchev–Trinajstić information content (AvgIpc) is 3.09. The molecule has 35 heavy (non-hydrogen) atoms. The number of ether oxygens (including phenoxy) is 3. The minimum Gasteiger partial charge on any atom is -0.508 e. The Bertz CT molecular complexity index is 1230. The molecule has 1 unspecified atom stereocenters. The smallest absolute Gasteiger partial charge is 0.150 e. The molecule has 0 aromatic heterocycles. The van der Waals surface area contributed by atoms with Gasteiger partial charge in [0.2, 0.25) is 0 Å². The minimum absolute atomic E-state index is 0.201. The summed E-state index contributed by atoms with van der Waals surface area (Å²) in [5, 5.41) is 10.1. The lowest BCUT2D eigenvalue weighted by Gasteiger charge is -2.31. The van der Waals surface area contributed by atoms with E-state index in [-0.39, 0.29) is 11.9 Å². The van der Waals surface area contributed by atoms with Gasteiger partial charge in [-0.3, -0.25) is 4.90 Å². The van der Waals surface area contributed by atoms with Crippen LogP contribution in [-0.4, -0.2) is 42.9 Å². The third-order valence-corrected chi connectivity index (χ3v) is 7.22. The van der Waals surface area contributed by atoms with Crippen molar-refractivity contribution in [1.29, 1.82) is 0 Å². The molecule has 0 amide bonds. The first-order valence-corrected chi connectivity index (χ1v) is 12.7. The fraction of sp³-hybridized carbons (Fsp3) is 0.333. The molecule has 3 aliphatic heterocycles. The summed E-state index contributed by atoms with van der Waals surface area (Å²) in [5.41, 5.74) is 5.49. The Morgan fingerprint density at radius 1 is 0.886 bits per heavy atom. The molecular formula is C30H31NO4. The zero-order valence-electron chi connectivity index (χ0n) is 19.9. The number of phenols is 1. The molecule has 180 valence electrons. The number of piperidine rings is 1. The van der Waals surface area contributed by atoms with Crippen molar-refractivity contribution in [1.82, 2.24) is 4.90 Å². The lowest BCUT2D eigenvalue weighted by molar-refractivity contribution is 0.183. The molecule has 1 saturated heterocycles. The second kappa shape index (κ2) is 9.67. The predicted octanol–water partition coefficient (Wildman–Crippen LogP) is 6.08. The van der Waals surface area contributed by atoms with Gasteiger partial charge in [-0.1, -0.05) is 36.8 Å². The number of phenolic OH excluding ortho intramolecular Hbond substituents is 1. The molecule has 5 heteroatoms. The number of hydrogen-bond donors (Lipinski definition) is 1. The Labute approximate surface area is 206 Å². The van der Waals surface area contributed by atoms with Crippen LogP contribution in [0.15, 0.2) is 66.7 Å². The number of fused-ring (bicyclic) bond motifs is 4. The summed E-state index contributed by atoms with van der Waals surface area (Å²) in [5.74, 6) is 2.67. The van der Waals surface area contributed by atoms with Crippen LogP contribution in [0.1, 0.15) is 48.5 Å². The van der Waals surface area contributed by atoms with Crippen molar-refractivity contribution in [3.63, 3.8) is 0 Å². The van der Waals surface area contributed by atoms with E-state index < -0.39 is 0 Å². The van der Waals surface area contributed by atoms with E-state index in [9.17, 15) is 5.11 Å². The average molecular weight is 470 g/mol. The summed E-state index contributed by atoms with van der Waals surface area (Å²) in [4.78, 5) is 2.49. The summed E-state index contributed by atoms with van der Waals surface area (Å²) in [6.07, 6.45) is 4.45. The van der Waals surface area contributed by atoms with Gasteiger partial charge in [-0.25, -0.2) is 0 Å². The lowest BCUT2D eigenvalue weighted by atomic mass is 9.84. The first-order chi connectivity index (χ1) is 17.3. The zero-order chi connectivity index (χ0) is 23.6. The van der Waals surface area contributed by atoms with Gasteiger partial charge in [-0.05, 0) is 67.4 Å². The van der Waals surface area contributed by atoms with Crippen LogP contribution in [0.5, 0.6) is 23.0 Å². The highest BCUT2D eigenvalue weighted by molar-refractivity contribution is 5.98. The summed E-state index contributed by atoms with van der Waals surface area (Å²) in [6, 6.07) is 21.9. The summed E-state index contributed by atoms with van der Waals surface area (Å²) in [7, 11) is 0. The minimum atomic E-state index is -0.271. The lowest BCUT2D eigenvalue weighted by Crippen LogP contribution is -2.33. The van der Waals surface area contributed by atoms with Crippen molar-refractivity contribution < 1.29 is 19.3 Å². The number of para-hydroxylation sites is 1. The van der Waals surface area contributed by atoms with Gasteiger partial charge < -0.3 is 19.3 Å². The largest absolute Gasteiger partial charge is 0.508 e. The fourth-order valence-corrected chi connectivity index (χ4v) is 5.45. The molecular weight excluding hydrogens is 438 g/mol. The first kappa shape index (κ1) is 22.1. The second-order valence-corrected chi connectivity index (χ2v) is 9.49. The van der Waals surface area contributed by atoms with Gasteiger partial charge in [0.15, 0.2) is 0 Å². The SMILES string of the molecule is Oc1ccc2c(c1)OCCC1=C2C(c2ccc(OCCN3CCCCC3)cc2)Oc2ccccc21. The maximum Gasteiger partial charge on any atom is 0.150 e. The van der Waals surface area contributed by atoms with E-state index in [1.807, 2.05) is 36.4 Å². The molecule has 0 bridgehead atoms. The highest BCUT2D eigenvalue weighted by Crippen LogP contribution is 2.51. The van der Waals surface area contributed by atoms with E-state index in [4.69, 9.17) is 14.2 Å². The number of nitrogens with zero attached hydrogens (tertiary/aromatic N) is 1. The van der Waals surface area contributed by atoms with Crippen LogP contribution in [0.2, 0.25) is 0 Å². The van der Waals surface area contributed by atoms with Crippen LogP contribution < -0.4 is 14.2 Å². The van der Waals surface area contributed by atoms with E-state index in [2.05, 4.69) is 23.1 Å². The molecule has 3 aromatic rings. The maximum absolute atomic E-state index is 10.1. The zero-order valence-corrected chi connectivity index (χ0v) is 19.9. The standard InChI is InChI=1S/C30H31NO4/c32-22-10-13-26-28(20-22)34-18-14-25-24-6-2-3-7-27(24)35-30(29(25)26)21-8-11-23(12-9-21)33-19-17-31-15-4-1-5-16-31/h2-3,6-13,20,30,32H,1,4-5,14-19H2. The molecule has 0 aliphatic carbocycles. The van der Waals surface area contributed by atoms with E-state index in [1.165, 1.54) is 37.9 Å². The number of rotatable bonds is 5. The molecule has 0 radical (unpaired) electrons. The highest BCUT2D eigenvalue weighted by atomic mass is 16.5. The van der Waals surface area contributed by atoms with Crippen molar-refractivity contribution in [2.24, 2.45) is 0 Å². The Balaban J connectivity index is 1.29. The van der Waals surface area contributed by atoms with Crippen molar-refractivity contribution >= 4 is 11.1 Å². The number of likely N-dealkylation sites (tertiary alicyclic amines) is 1. The Kier molecular flexibility index (Phi) is 6.09. The third-order valence-electron chi connectivity index (χ3n) is 7.22. The van der Waals surface area contributed by atoms with Gasteiger partial charge in [0.05, 0.1) is 6.61 Å². The number of benzene rings is 3. The predicted molar refractivity (Wildman–Crippen MR) is 137 cm³/mol. The summed E-state index contributed by atoms with van der Waals surface area (Å²) in [6.45, 7) is 4.60. The first-order valence-electron chi connectivity index (χ1n) is 12.7. The molecule has 1 N–H and O–H groups in total. The molecule has 6 rings (SSSR count). The van der Waals surface area contributed by atoms with Crippen molar-refractivity contribution in [3.8, 4) is 23.0 Å². The number of hydrogen-bond acceptors (Lipinski definition) is 5. The van der Waals surface area contributed by atoms with Gasteiger partial charge >= 0.3 is 0 Å². The molecule has 3 heterocycles. The fourth-order valence-electron chi connectivity index (χ4n) is 5.45. The quantitative estimate of drug-likeness (QED) is 0.491. The third kappa shape index (κ3) is 4.48. The van der Waals surface area contributed by atoms with E-state index in [0.717, 1.165) is 46.7 Å². The van der Waals surface area contributed by atoms with Crippen LogP contribution >= 0.6 is 0 Å². The van der Waals surface area contributed by atoms with Crippen molar-refractivity contribution in [2.45, 2.75) is 31.8 Å². The van der Waals surface area contributed by atoms with Gasteiger partial charge in [0, 0.05) is 35.7 Å². The van der Waals surface area contributed by atoms with E-state index >= 15 is 0 Å². The van der Waals surface area contributed by atoms with E-state index in [1.54, 1.807) is 12.1 Å². The van der Waals surface area contributed by atoms with Gasteiger partial charge in [-0.15, -0.1) is 0 Å². The molecule has 1 atom stereocenters. The van der Waals surface area contributed by atoms with E-state index in [0.29, 0.717) is 19.0 Å². The van der Waals surface area contributed by atoms with Gasteiger partial charge in [0.25, 0.3) is 0 Å². The van der Waals surface area contributed by atoms with Gasteiger partial charge in [-0.2, -0.15) is 0 Å². The van der Waals surface area contributed by atoms with Crippen LogP contribution in [0.25, 0.3) is 11.1 Å². The molecule has 3 aromatic carbocycles. The maximum atomic E-state index is 10.1. The van der Waals surface area contributed by atoms with Crippen LogP contribution in [0.4, 0.5) is 0 Å².